The molecule has 7 atom stereocenters. The summed E-state index contributed by atoms with van der Waals surface area (Å²) in [6.45, 7) is 10.0. The number of esters is 1. The zero-order valence-corrected chi connectivity index (χ0v) is 19.1. The number of fused-ring (bicyclic) bond motifs is 3. The molecule has 0 aromatic rings. The number of nitrogens with zero attached hydrogens (tertiary/aromatic N) is 1. The highest BCUT2D eigenvalue weighted by Gasteiger charge is 2.60. The Morgan fingerprint density at radius 2 is 1.93 bits per heavy atom. The van der Waals surface area contributed by atoms with Gasteiger partial charge in [0.15, 0.2) is 0 Å². The molecule has 3 fully saturated rings. The van der Waals surface area contributed by atoms with E-state index in [4.69, 9.17) is 4.74 Å². The number of hydrogen-bond acceptors (Lipinski definition) is 5. The summed E-state index contributed by atoms with van der Waals surface area (Å²) in [4.78, 5) is 14.3. The predicted octanol–water partition coefficient (Wildman–Crippen LogP) is 3.25. The van der Waals surface area contributed by atoms with E-state index >= 15 is 0 Å². The number of ether oxygens (including phenoxy) is 1. The fraction of sp³-hybridized carbons (Fsp3) is 0.875. The first-order valence-corrected chi connectivity index (χ1v) is 11.4. The van der Waals surface area contributed by atoms with Gasteiger partial charge in [0, 0.05) is 12.6 Å². The van der Waals surface area contributed by atoms with E-state index in [1.54, 1.807) is 6.08 Å². The highest BCUT2D eigenvalue weighted by atomic mass is 16.5. The SMILES string of the molecule is CC1C(=CC(=O)OCCN(C)C)CCC2C1C(O)CC1C(C)(C)C(O)CCC21C. The van der Waals surface area contributed by atoms with Gasteiger partial charge in [-0.05, 0) is 80.7 Å². The van der Waals surface area contributed by atoms with E-state index in [0.29, 0.717) is 18.4 Å². The van der Waals surface area contributed by atoms with Crippen molar-refractivity contribution in [3.8, 4) is 0 Å². The van der Waals surface area contributed by atoms with Crippen molar-refractivity contribution in [3.63, 3.8) is 0 Å². The molecular formula is C24H41NO4. The lowest BCUT2D eigenvalue weighted by Crippen LogP contribution is -2.61. The topological polar surface area (TPSA) is 70.0 Å². The van der Waals surface area contributed by atoms with E-state index in [1.165, 1.54) is 0 Å². The van der Waals surface area contributed by atoms with Gasteiger partial charge in [-0.2, -0.15) is 0 Å². The minimum absolute atomic E-state index is 0.138. The maximum Gasteiger partial charge on any atom is 0.330 e. The molecule has 29 heavy (non-hydrogen) atoms. The van der Waals surface area contributed by atoms with Crippen LogP contribution in [0.1, 0.15) is 59.8 Å². The van der Waals surface area contributed by atoms with E-state index in [-0.39, 0.29) is 40.8 Å². The van der Waals surface area contributed by atoms with Crippen LogP contribution in [0, 0.1) is 34.5 Å². The van der Waals surface area contributed by atoms with Gasteiger partial charge in [0.25, 0.3) is 0 Å². The zero-order valence-electron chi connectivity index (χ0n) is 19.1. The second-order valence-corrected chi connectivity index (χ2v) is 10.9. The average Bonchev–Trinajstić information content (AvgIpc) is 2.63. The number of aliphatic hydroxyl groups is 2. The molecule has 2 N–H and O–H groups in total. The number of carbonyl (C=O) groups is 1. The molecule has 0 aromatic heterocycles. The Morgan fingerprint density at radius 3 is 2.59 bits per heavy atom. The maximum atomic E-state index is 12.3. The highest BCUT2D eigenvalue weighted by Crippen LogP contribution is 2.64. The first-order valence-electron chi connectivity index (χ1n) is 11.4. The van der Waals surface area contributed by atoms with Crippen molar-refractivity contribution < 1.29 is 19.7 Å². The highest BCUT2D eigenvalue weighted by molar-refractivity contribution is 5.83. The second-order valence-electron chi connectivity index (χ2n) is 10.9. The lowest BCUT2D eigenvalue weighted by molar-refractivity contribution is -0.190. The van der Waals surface area contributed by atoms with Crippen LogP contribution in [0.15, 0.2) is 11.6 Å². The molecule has 3 aliphatic carbocycles. The van der Waals surface area contributed by atoms with Gasteiger partial charge in [0.1, 0.15) is 6.61 Å². The Balaban J connectivity index is 1.77. The molecule has 0 spiro atoms. The summed E-state index contributed by atoms with van der Waals surface area (Å²) in [5.74, 6) is 0.849. The van der Waals surface area contributed by atoms with Gasteiger partial charge in [-0.3, -0.25) is 0 Å². The number of rotatable bonds is 4. The Kier molecular flexibility index (Phi) is 6.53. The van der Waals surface area contributed by atoms with Crippen LogP contribution >= 0.6 is 0 Å². The lowest BCUT2D eigenvalue weighted by Gasteiger charge is -2.64. The Bertz CT molecular complexity index is 643. The van der Waals surface area contributed by atoms with Crippen LogP contribution in [-0.2, 0) is 9.53 Å². The summed E-state index contributed by atoms with van der Waals surface area (Å²) < 4.78 is 5.36. The Hall–Kier alpha value is -0.910. The molecule has 3 rings (SSSR count). The molecule has 5 heteroatoms. The largest absolute Gasteiger partial charge is 0.461 e. The number of aliphatic hydroxyl groups excluding tert-OH is 2. The molecule has 0 amide bonds. The number of hydrogen-bond donors (Lipinski definition) is 2. The summed E-state index contributed by atoms with van der Waals surface area (Å²) in [5, 5.41) is 21.8. The third-order valence-electron chi connectivity index (χ3n) is 8.73. The molecule has 0 aromatic carbocycles. The number of allylic oxidation sites excluding steroid dienone is 1. The van der Waals surface area contributed by atoms with Crippen LogP contribution in [0.5, 0.6) is 0 Å². The van der Waals surface area contributed by atoms with Gasteiger partial charge in [-0.15, -0.1) is 0 Å². The molecule has 3 aliphatic rings. The summed E-state index contributed by atoms with van der Waals surface area (Å²) in [7, 11) is 3.92. The predicted molar refractivity (Wildman–Crippen MR) is 114 cm³/mol. The van der Waals surface area contributed by atoms with Crippen molar-refractivity contribution in [1.82, 2.24) is 4.90 Å². The van der Waals surface area contributed by atoms with Crippen LogP contribution in [0.2, 0.25) is 0 Å². The van der Waals surface area contributed by atoms with Crippen LogP contribution in [-0.4, -0.2) is 60.5 Å². The standard InChI is InChI=1S/C24H41NO4/c1-15-16(13-21(28)29-12-11-25(5)6)7-8-17-22(15)18(26)14-19-23(2,3)20(27)9-10-24(17,19)4/h13,15,17-20,22,26-27H,7-12,14H2,1-6H3. The fourth-order valence-corrected chi connectivity index (χ4v) is 6.93. The third-order valence-corrected chi connectivity index (χ3v) is 8.73. The van der Waals surface area contributed by atoms with E-state index in [0.717, 1.165) is 44.2 Å². The van der Waals surface area contributed by atoms with Crippen LogP contribution in [0.3, 0.4) is 0 Å². The number of carbonyl (C=O) groups excluding carboxylic acids is 1. The second kappa shape index (κ2) is 8.32. The maximum absolute atomic E-state index is 12.3. The third kappa shape index (κ3) is 4.15. The summed E-state index contributed by atoms with van der Waals surface area (Å²) in [6.07, 6.45) is 5.51. The lowest BCUT2D eigenvalue weighted by atomic mass is 9.42. The first-order chi connectivity index (χ1) is 13.5. The monoisotopic (exact) mass is 407 g/mol. The average molecular weight is 408 g/mol. The fourth-order valence-electron chi connectivity index (χ4n) is 6.93. The van der Waals surface area contributed by atoms with Gasteiger partial charge in [0.05, 0.1) is 12.2 Å². The van der Waals surface area contributed by atoms with Crippen LogP contribution in [0.25, 0.3) is 0 Å². The molecule has 3 saturated carbocycles. The van der Waals surface area contributed by atoms with Crippen molar-refractivity contribution in [1.29, 1.82) is 0 Å². The summed E-state index contributed by atoms with van der Waals surface area (Å²) >= 11 is 0. The minimum Gasteiger partial charge on any atom is -0.461 e. The molecule has 0 saturated heterocycles. The van der Waals surface area contributed by atoms with Gasteiger partial charge in [-0.25, -0.2) is 4.79 Å². The number of likely N-dealkylation sites (N-methyl/N-ethyl adjacent to an activating group) is 1. The van der Waals surface area contributed by atoms with E-state index < -0.39 is 0 Å². The van der Waals surface area contributed by atoms with Gasteiger partial charge in [-0.1, -0.05) is 33.3 Å². The van der Waals surface area contributed by atoms with Gasteiger partial charge < -0.3 is 19.8 Å². The molecule has 0 heterocycles. The summed E-state index contributed by atoms with van der Waals surface area (Å²) in [6, 6.07) is 0. The molecule has 166 valence electrons. The minimum atomic E-state index is -0.383. The Morgan fingerprint density at radius 1 is 1.24 bits per heavy atom. The quantitative estimate of drug-likeness (QED) is 0.553. The van der Waals surface area contributed by atoms with Gasteiger partial charge >= 0.3 is 5.97 Å². The molecular weight excluding hydrogens is 366 g/mol. The van der Waals surface area contributed by atoms with Crippen LogP contribution < -0.4 is 0 Å². The Labute approximate surface area is 176 Å². The van der Waals surface area contributed by atoms with E-state index in [9.17, 15) is 15.0 Å². The molecule has 0 aliphatic heterocycles. The van der Waals surface area contributed by atoms with Crippen molar-refractivity contribution in [2.45, 2.75) is 72.0 Å². The van der Waals surface area contributed by atoms with Crippen molar-refractivity contribution in [3.05, 3.63) is 11.6 Å². The molecule has 7 unspecified atom stereocenters. The van der Waals surface area contributed by atoms with Crippen LogP contribution in [0.4, 0.5) is 0 Å². The summed E-state index contributed by atoms with van der Waals surface area (Å²) in [5.41, 5.74) is 1.09. The van der Waals surface area contributed by atoms with E-state index in [2.05, 4.69) is 27.7 Å². The van der Waals surface area contributed by atoms with Crippen molar-refractivity contribution >= 4 is 5.97 Å². The molecule has 5 nitrogen and oxygen atoms in total. The van der Waals surface area contributed by atoms with Gasteiger partial charge in [0.2, 0.25) is 0 Å². The smallest absolute Gasteiger partial charge is 0.330 e. The van der Waals surface area contributed by atoms with Crippen molar-refractivity contribution in [2.24, 2.45) is 34.5 Å². The normalized spacial score (nSPS) is 43.0. The van der Waals surface area contributed by atoms with E-state index in [1.807, 2.05) is 19.0 Å². The molecule has 0 radical (unpaired) electrons. The first kappa shape index (κ1) is 22.8. The van der Waals surface area contributed by atoms with Crippen molar-refractivity contribution in [2.75, 3.05) is 27.2 Å². The zero-order chi connectivity index (χ0) is 21.6. The molecule has 0 bridgehead atoms.